The summed E-state index contributed by atoms with van der Waals surface area (Å²) in [5.41, 5.74) is 1.48. The van der Waals surface area contributed by atoms with Crippen molar-refractivity contribution < 1.29 is 14.3 Å². The van der Waals surface area contributed by atoms with E-state index in [0.29, 0.717) is 12.1 Å². The highest BCUT2D eigenvalue weighted by atomic mass is 16.5. The van der Waals surface area contributed by atoms with Crippen LogP contribution in [-0.4, -0.2) is 18.5 Å². The molecule has 28 heavy (non-hydrogen) atoms. The molecule has 4 rings (SSSR count). The Kier molecular flexibility index (Phi) is 5.02. The topological polar surface area (TPSA) is 55.4 Å². The van der Waals surface area contributed by atoms with Crippen molar-refractivity contribution in [3.05, 3.63) is 96.1 Å². The number of esters is 1. The molecule has 0 heterocycles. The van der Waals surface area contributed by atoms with Crippen LogP contribution in [0, 0.1) is 0 Å². The largest absolute Gasteiger partial charge is 0.452 e. The molecule has 138 valence electrons. The van der Waals surface area contributed by atoms with E-state index in [2.05, 4.69) is 5.32 Å². The van der Waals surface area contributed by atoms with Crippen molar-refractivity contribution >= 4 is 33.4 Å². The van der Waals surface area contributed by atoms with E-state index >= 15 is 0 Å². The molecule has 4 aromatic rings. The molecule has 0 fully saturated rings. The summed E-state index contributed by atoms with van der Waals surface area (Å²) in [5, 5.41) is 6.32. The molecule has 4 heteroatoms. The summed E-state index contributed by atoms with van der Waals surface area (Å²) in [6, 6.07) is 27.0. The van der Waals surface area contributed by atoms with Gasteiger partial charge in [-0.25, -0.2) is 4.79 Å². The lowest BCUT2D eigenvalue weighted by Gasteiger charge is -2.11. The van der Waals surface area contributed by atoms with Crippen molar-refractivity contribution in [3.63, 3.8) is 0 Å². The Labute approximate surface area is 162 Å². The van der Waals surface area contributed by atoms with Crippen molar-refractivity contribution in [2.24, 2.45) is 0 Å². The molecular weight excluding hydrogens is 350 g/mol. The maximum absolute atomic E-state index is 12.8. The monoisotopic (exact) mass is 369 g/mol. The number of nitrogens with one attached hydrogen (secondary N) is 1. The Balaban J connectivity index is 1.52. The number of ether oxygens (including phenoxy) is 1. The average Bonchev–Trinajstić information content (AvgIpc) is 2.75. The first kappa shape index (κ1) is 17.7. The number of carbonyl (C=O) groups is 2. The van der Waals surface area contributed by atoms with Gasteiger partial charge in [0.15, 0.2) is 6.61 Å². The number of carbonyl (C=O) groups excluding carboxylic acids is 2. The van der Waals surface area contributed by atoms with Gasteiger partial charge in [-0.15, -0.1) is 0 Å². The lowest BCUT2D eigenvalue weighted by atomic mass is 9.97. The molecule has 0 aliphatic heterocycles. The van der Waals surface area contributed by atoms with Gasteiger partial charge in [-0.1, -0.05) is 78.9 Å². The Morgan fingerprint density at radius 2 is 1.32 bits per heavy atom. The van der Waals surface area contributed by atoms with E-state index in [0.717, 1.165) is 27.1 Å². The second-order valence-corrected chi connectivity index (χ2v) is 6.53. The molecule has 0 aliphatic carbocycles. The molecule has 0 saturated carbocycles. The number of rotatable bonds is 5. The SMILES string of the molecule is O=C(COC(=O)c1c2ccccc2cc2ccccc12)NCc1ccccc1. The summed E-state index contributed by atoms with van der Waals surface area (Å²) in [6.07, 6.45) is 0. The van der Waals surface area contributed by atoms with E-state index < -0.39 is 5.97 Å². The molecular formula is C24H19NO3. The summed E-state index contributed by atoms with van der Waals surface area (Å²) in [4.78, 5) is 24.9. The third-order valence-electron chi connectivity index (χ3n) is 4.64. The van der Waals surface area contributed by atoms with Gasteiger partial charge >= 0.3 is 5.97 Å². The third kappa shape index (κ3) is 3.71. The van der Waals surface area contributed by atoms with Crippen LogP contribution in [0.25, 0.3) is 21.5 Å². The van der Waals surface area contributed by atoms with Crippen LogP contribution in [0.3, 0.4) is 0 Å². The molecule has 1 N–H and O–H groups in total. The van der Waals surface area contributed by atoms with Gasteiger partial charge in [0.2, 0.25) is 0 Å². The average molecular weight is 369 g/mol. The summed E-state index contributed by atoms with van der Waals surface area (Å²) in [7, 11) is 0. The van der Waals surface area contributed by atoms with Gasteiger partial charge in [0.1, 0.15) is 0 Å². The van der Waals surface area contributed by atoms with Crippen molar-refractivity contribution in [1.29, 1.82) is 0 Å². The number of fused-ring (bicyclic) bond motifs is 2. The summed E-state index contributed by atoms with van der Waals surface area (Å²) in [6.45, 7) is 0.0810. The van der Waals surface area contributed by atoms with Crippen LogP contribution in [0.2, 0.25) is 0 Å². The molecule has 0 atom stereocenters. The molecule has 0 aliphatic rings. The van der Waals surface area contributed by atoms with Gasteiger partial charge in [0.25, 0.3) is 5.91 Å². The molecule has 1 amide bonds. The molecule has 0 radical (unpaired) electrons. The maximum Gasteiger partial charge on any atom is 0.339 e. The first-order chi connectivity index (χ1) is 13.7. The van der Waals surface area contributed by atoms with Crippen LogP contribution in [0.1, 0.15) is 15.9 Å². The normalized spacial score (nSPS) is 10.7. The van der Waals surface area contributed by atoms with E-state index in [1.165, 1.54) is 0 Å². The Morgan fingerprint density at radius 1 is 0.750 bits per heavy atom. The summed E-state index contributed by atoms with van der Waals surface area (Å²) < 4.78 is 5.34. The lowest BCUT2D eigenvalue weighted by Crippen LogP contribution is -2.28. The molecule has 4 nitrogen and oxygen atoms in total. The number of benzene rings is 4. The van der Waals surface area contributed by atoms with E-state index in [1.807, 2.05) is 84.9 Å². The van der Waals surface area contributed by atoms with E-state index in [-0.39, 0.29) is 12.5 Å². The Bertz CT molecular complexity index is 1100. The molecule has 0 unspecified atom stereocenters. The minimum atomic E-state index is -0.497. The van der Waals surface area contributed by atoms with Gasteiger partial charge in [-0.05, 0) is 33.2 Å². The zero-order valence-electron chi connectivity index (χ0n) is 15.2. The van der Waals surface area contributed by atoms with Crippen LogP contribution in [0.15, 0.2) is 84.9 Å². The highest BCUT2D eigenvalue weighted by molar-refractivity contribution is 6.16. The molecule has 0 saturated heterocycles. The first-order valence-electron chi connectivity index (χ1n) is 9.10. The smallest absolute Gasteiger partial charge is 0.339 e. The predicted octanol–water partition coefficient (Wildman–Crippen LogP) is 4.47. The first-order valence-corrected chi connectivity index (χ1v) is 9.10. The molecule has 0 spiro atoms. The number of amides is 1. The van der Waals surface area contributed by atoms with Crippen molar-refractivity contribution in [3.8, 4) is 0 Å². The summed E-state index contributed by atoms with van der Waals surface area (Å²) in [5.74, 6) is -0.829. The highest BCUT2D eigenvalue weighted by Crippen LogP contribution is 2.29. The Morgan fingerprint density at radius 3 is 1.96 bits per heavy atom. The van der Waals surface area contributed by atoms with Gasteiger partial charge in [0, 0.05) is 6.54 Å². The van der Waals surface area contributed by atoms with Gasteiger partial charge in [-0.3, -0.25) is 4.79 Å². The van der Waals surface area contributed by atoms with E-state index in [1.54, 1.807) is 0 Å². The number of hydrogen-bond donors (Lipinski definition) is 1. The van der Waals surface area contributed by atoms with Crippen molar-refractivity contribution in [2.75, 3.05) is 6.61 Å². The van der Waals surface area contributed by atoms with Crippen LogP contribution in [0.4, 0.5) is 0 Å². The standard InChI is InChI=1S/C24H19NO3/c26-22(25-15-17-8-2-1-3-9-17)16-28-24(27)23-20-12-6-4-10-18(20)14-19-11-5-7-13-21(19)23/h1-14H,15-16H2,(H,25,26). The van der Waals surface area contributed by atoms with Gasteiger partial charge < -0.3 is 10.1 Å². The van der Waals surface area contributed by atoms with Crippen molar-refractivity contribution in [1.82, 2.24) is 5.32 Å². The minimum Gasteiger partial charge on any atom is -0.452 e. The Hall–Kier alpha value is -3.66. The highest BCUT2D eigenvalue weighted by Gasteiger charge is 2.17. The fraction of sp³-hybridized carbons (Fsp3) is 0.0833. The van der Waals surface area contributed by atoms with Crippen LogP contribution in [0.5, 0.6) is 0 Å². The fourth-order valence-electron chi connectivity index (χ4n) is 3.28. The molecule has 4 aromatic carbocycles. The van der Waals surface area contributed by atoms with Crippen LogP contribution >= 0.6 is 0 Å². The zero-order valence-corrected chi connectivity index (χ0v) is 15.2. The van der Waals surface area contributed by atoms with Crippen molar-refractivity contribution in [2.45, 2.75) is 6.54 Å². The summed E-state index contributed by atoms with van der Waals surface area (Å²) >= 11 is 0. The van der Waals surface area contributed by atoms with Gasteiger partial charge in [0.05, 0.1) is 5.56 Å². The van der Waals surface area contributed by atoms with Crippen LogP contribution < -0.4 is 5.32 Å². The lowest BCUT2D eigenvalue weighted by molar-refractivity contribution is -0.124. The predicted molar refractivity (Wildman–Crippen MR) is 110 cm³/mol. The van der Waals surface area contributed by atoms with E-state index in [4.69, 9.17) is 4.74 Å². The molecule has 0 bridgehead atoms. The van der Waals surface area contributed by atoms with Gasteiger partial charge in [-0.2, -0.15) is 0 Å². The second-order valence-electron chi connectivity index (χ2n) is 6.53. The fourth-order valence-corrected chi connectivity index (χ4v) is 3.28. The quantitative estimate of drug-likeness (QED) is 0.417. The third-order valence-corrected chi connectivity index (χ3v) is 4.64. The molecule has 0 aromatic heterocycles. The second kappa shape index (κ2) is 7.92. The number of hydrogen-bond acceptors (Lipinski definition) is 3. The van der Waals surface area contributed by atoms with E-state index in [9.17, 15) is 9.59 Å². The zero-order chi connectivity index (χ0) is 19.3. The maximum atomic E-state index is 12.8. The minimum absolute atomic E-state index is 0.316. The van der Waals surface area contributed by atoms with Crippen LogP contribution in [-0.2, 0) is 16.1 Å².